The van der Waals surface area contributed by atoms with Crippen molar-refractivity contribution in [3.05, 3.63) is 64.5 Å². The van der Waals surface area contributed by atoms with Crippen LogP contribution < -0.4 is 10.2 Å². The third kappa shape index (κ3) is 5.33. The van der Waals surface area contributed by atoms with Gasteiger partial charge in [0.15, 0.2) is 0 Å². The lowest BCUT2D eigenvalue weighted by atomic mass is 10.1. The largest absolute Gasteiger partial charge is 0.417 e. The zero-order valence-electron chi connectivity index (χ0n) is 17.9. The summed E-state index contributed by atoms with van der Waals surface area (Å²) in [5.74, 6) is 0.367. The molecule has 1 fully saturated rings. The van der Waals surface area contributed by atoms with Gasteiger partial charge in [0.1, 0.15) is 17.3 Å². The molecular formula is C23H21F3N4OS2. The number of anilines is 1. The van der Waals surface area contributed by atoms with Crippen LogP contribution in [0.5, 0.6) is 0 Å². The molecule has 0 amide bonds. The molecule has 1 N–H and O–H groups in total. The Hall–Kier alpha value is -2.58. The van der Waals surface area contributed by atoms with Crippen LogP contribution in [0.15, 0.2) is 52.9 Å². The van der Waals surface area contributed by atoms with Gasteiger partial charge in [-0.15, -0.1) is 23.1 Å². The maximum Gasteiger partial charge on any atom is 0.417 e. The molecule has 0 saturated carbocycles. The molecule has 2 atom stereocenters. The second kappa shape index (κ2) is 9.73. The van der Waals surface area contributed by atoms with E-state index in [9.17, 15) is 18.4 Å². The predicted octanol–water partition coefficient (Wildman–Crippen LogP) is 5.55. The molecule has 10 heteroatoms. The molecule has 4 rings (SSSR count). The van der Waals surface area contributed by atoms with Gasteiger partial charge in [0.05, 0.1) is 27.8 Å². The number of benzene rings is 1. The molecule has 5 nitrogen and oxygen atoms in total. The summed E-state index contributed by atoms with van der Waals surface area (Å²) in [4.78, 5) is 7.02. The number of ether oxygens (including phenoxy) is 1. The quantitative estimate of drug-likeness (QED) is 0.458. The first-order chi connectivity index (χ1) is 15.8. The number of rotatable bonds is 6. The van der Waals surface area contributed by atoms with Gasteiger partial charge >= 0.3 is 6.18 Å². The Morgan fingerprint density at radius 2 is 2.03 bits per heavy atom. The van der Waals surface area contributed by atoms with Crippen molar-refractivity contribution in [1.82, 2.24) is 10.3 Å². The average molecular weight is 491 g/mol. The zero-order chi connectivity index (χ0) is 23.6. The summed E-state index contributed by atoms with van der Waals surface area (Å²) in [5, 5.41) is 14.6. The maximum absolute atomic E-state index is 13.7. The summed E-state index contributed by atoms with van der Waals surface area (Å²) in [6, 6.07) is 14.1. The highest BCUT2D eigenvalue weighted by molar-refractivity contribution is 7.99. The summed E-state index contributed by atoms with van der Waals surface area (Å²) in [7, 11) is 3.93. The van der Waals surface area contributed by atoms with Crippen LogP contribution in [0, 0.1) is 11.3 Å². The fourth-order valence-corrected chi connectivity index (χ4v) is 5.14. The number of thiophene rings is 1. The molecule has 1 aromatic carbocycles. The normalized spacial score (nSPS) is 18.3. The smallest absolute Gasteiger partial charge is 0.378 e. The van der Waals surface area contributed by atoms with Crippen LogP contribution in [0.2, 0.25) is 0 Å². The van der Waals surface area contributed by atoms with Gasteiger partial charge in [0, 0.05) is 32.1 Å². The molecule has 33 heavy (non-hydrogen) atoms. The van der Waals surface area contributed by atoms with Gasteiger partial charge in [-0.1, -0.05) is 18.2 Å². The van der Waals surface area contributed by atoms with Crippen LogP contribution >= 0.6 is 23.1 Å². The minimum atomic E-state index is -4.65. The summed E-state index contributed by atoms with van der Waals surface area (Å²) in [6.07, 6.45) is -5.18. The van der Waals surface area contributed by atoms with Gasteiger partial charge in [0.25, 0.3) is 0 Å². The first-order valence-corrected chi connectivity index (χ1v) is 12.0. The number of aromatic nitrogens is 1. The Balaban J connectivity index is 1.51. The topological polar surface area (TPSA) is 61.2 Å². The van der Waals surface area contributed by atoms with Crippen molar-refractivity contribution in [1.29, 1.82) is 5.26 Å². The molecule has 0 aliphatic carbocycles. The lowest BCUT2D eigenvalue weighted by molar-refractivity contribution is -0.138. The Morgan fingerprint density at radius 1 is 1.27 bits per heavy atom. The molecule has 1 aliphatic heterocycles. The molecule has 0 spiro atoms. The molecule has 1 aliphatic rings. The highest BCUT2D eigenvalue weighted by Gasteiger charge is 2.36. The maximum atomic E-state index is 13.7. The Morgan fingerprint density at radius 3 is 2.64 bits per heavy atom. The number of alkyl halides is 3. The molecule has 172 valence electrons. The molecule has 1 saturated heterocycles. The molecule has 2 aromatic heterocycles. The molecule has 0 bridgehead atoms. The van der Waals surface area contributed by atoms with Crippen LogP contribution in [0.1, 0.15) is 22.9 Å². The van der Waals surface area contributed by atoms with E-state index in [1.807, 2.05) is 43.3 Å². The van der Waals surface area contributed by atoms with Gasteiger partial charge in [0.2, 0.25) is 0 Å². The number of nitriles is 1. The van der Waals surface area contributed by atoms with Crippen LogP contribution in [-0.2, 0) is 10.9 Å². The highest BCUT2D eigenvalue weighted by Crippen LogP contribution is 2.39. The van der Waals surface area contributed by atoms with Crippen LogP contribution in [0.3, 0.4) is 0 Å². The van der Waals surface area contributed by atoms with Gasteiger partial charge < -0.3 is 9.64 Å². The van der Waals surface area contributed by atoms with E-state index < -0.39 is 17.3 Å². The predicted molar refractivity (Wildman–Crippen MR) is 124 cm³/mol. The van der Waals surface area contributed by atoms with Gasteiger partial charge in [-0.2, -0.15) is 18.4 Å². The molecule has 3 heterocycles. The van der Waals surface area contributed by atoms with Crippen LogP contribution in [0.4, 0.5) is 18.9 Å². The van der Waals surface area contributed by atoms with Crippen molar-refractivity contribution in [2.24, 2.45) is 0 Å². The molecular weight excluding hydrogens is 469 g/mol. The van der Waals surface area contributed by atoms with Crippen molar-refractivity contribution in [2.75, 3.05) is 31.3 Å². The fourth-order valence-electron chi connectivity index (χ4n) is 3.45. The number of nitrogens with zero attached hydrogens (tertiary/aromatic N) is 3. The Kier molecular flexibility index (Phi) is 6.95. The van der Waals surface area contributed by atoms with Crippen molar-refractivity contribution in [3.63, 3.8) is 0 Å². The third-order valence-electron chi connectivity index (χ3n) is 5.15. The first-order valence-electron chi connectivity index (χ1n) is 10.1. The third-order valence-corrected chi connectivity index (χ3v) is 7.15. The highest BCUT2D eigenvalue weighted by atomic mass is 32.2. The van der Waals surface area contributed by atoms with E-state index in [-0.39, 0.29) is 23.1 Å². The lowest BCUT2D eigenvalue weighted by Gasteiger charge is -2.16. The monoisotopic (exact) mass is 490 g/mol. The molecule has 0 unspecified atom stereocenters. The minimum absolute atomic E-state index is 0.0677. The summed E-state index contributed by atoms with van der Waals surface area (Å²) in [6.45, 7) is 0.547. The van der Waals surface area contributed by atoms with Crippen LogP contribution in [0.25, 0.3) is 10.6 Å². The van der Waals surface area contributed by atoms with E-state index in [0.717, 1.165) is 29.1 Å². The van der Waals surface area contributed by atoms with Gasteiger partial charge in [-0.3, -0.25) is 5.32 Å². The van der Waals surface area contributed by atoms with E-state index in [1.54, 1.807) is 23.6 Å². The minimum Gasteiger partial charge on any atom is -0.378 e. The fraction of sp³-hybridized carbons (Fsp3) is 0.304. The summed E-state index contributed by atoms with van der Waals surface area (Å²) < 4.78 is 47.1. The van der Waals surface area contributed by atoms with E-state index in [0.29, 0.717) is 17.2 Å². The van der Waals surface area contributed by atoms with Crippen LogP contribution in [-0.4, -0.2) is 37.5 Å². The number of nitrogens with one attached hydrogen (secondary N) is 1. The Labute approximate surface area is 198 Å². The van der Waals surface area contributed by atoms with E-state index in [4.69, 9.17) is 4.74 Å². The van der Waals surface area contributed by atoms with Crippen molar-refractivity contribution in [2.45, 2.75) is 23.5 Å². The van der Waals surface area contributed by atoms with E-state index >= 15 is 0 Å². The zero-order valence-corrected chi connectivity index (χ0v) is 19.5. The average Bonchev–Trinajstić information content (AvgIpc) is 3.49. The number of thioether (sulfide) groups is 1. The first kappa shape index (κ1) is 23.6. The molecule has 3 aromatic rings. The summed E-state index contributed by atoms with van der Waals surface area (Å²) in [5.41, 5.74) is 0.848. The SMILES string of the molecule is CN(C)c1ccc([C@H]2NC[C@H](CSc3nc(-c4cccs4)cc(C(F)(F)F)c3C#N)O2)cc1. The van der Waals surface area contributed by atoms with Gasteiger partial charge in [-0.25, -0.2) is 4.98 Å². The van der Waals surface area contributed by atoms with Crippen molar-refractivity contribution < 1.29 is 17.9 Å². The number of halogens is 3. The van der Waals surface area contributed by atoms with Crippen molar-refractivity contribution >= 4 is 28.8 Å². The summed E-state index contributed by atoms with van der Waals surface area (Å²) >= 11 is 2.42. The number of hydrogen-bond donors (Lipinski definition) is 1. The Bertz CT molecular complexity index is 1140. The lowest BCUT2D eigenvalue weighted by Crippen LogP contribution is -2.17. The second-order valence-corrected chi connectivity index (χ2v) is 9.62. The second-order valence-electron chi connectivity index (χ2n) is 7.67. The number of hydrogen-bond acceptors (Lipinski definition) is 7. The van der Waals surface area contributed by atoms with E-state index in [1.165, 1.54) is 11.3 Å². The van der Waals surface area contributed by atoms with E-state index in [2.05, 4.69) is 10.3 Å². The molecule has 0 radical (unpaired) electrons. The number of pyridine rings is 1. The van der Waals surface area contributed by atoms with Gasteiger partial charge in [-0.05, 0) is 35.2 Å². The van der Waals surface area contributed by atoms with Crippen molar-refractivity contribution in [3.8, 4) is 16.6 Å². The standard InChI is InChI=1S/C23H21F3N4OS2/c1-30(2)15-7-5-14(6-8-15)21-28-12-16(31-21)13-33-22-17(11-27)18(23(24,25)26)10-19(29-22)20-4-3-9-32-20/h3-10,16,21,28H,12-13H2,1-2H3/t16-,21+/m1/s1.